The van der Waals surface area contributed by atoms with Gasteiger partial charge in [-0.15, -0.1) is 0 Å². The molecule has 0 saturated carbocycles. The summed E-state index contributed by atoms with van der Waals surface area (Å²) in [5.74, 6) is -0.0237. The van der Waals surface area contributed by atoms with E-state index in [0.29, 0.717) is 12.2 Å². The lowest BCUT2D eigenvalue weighted by molar-refractivity contribution is -0.156. The third-order valence-corrected chi connectivity index (χ3v) is 6.08. The van der Waals surface area contributed by atoms with Gasteiger partial charge in [-0.05, 0) is 54.5 Å². The van der Waals surface area contributed by atoms with Crippen LogP contribution < -0.4 is 0 Å². The number of aliphatic hydroxyl groups excluding tert-OH is 1. The van der Waals surface area contributed by atoms with E-state index in [2.05, 4.69) is 13.8 Å². The lowest BCUT2D eigenvalue weighted by Crippen LogP contribution is -2.31. The number of nitrogens with zero attached hydrogens (tertiary/aromatic N) is 3. The maximum absolute atomic E-state index is 13.8. The van der Waals surface area contributed by atoms with Crippen LogP contribution in [0.2, 0.25) is 0 Å². The maximum atomic E-state index is 13.8. The van der Waals surface area contributed by atoms with E-state index in [4.69, 9.17) is 14.8 Å². The van der Waals surface area contributed by atoms with Crippen LogP contribution in [0.15, 0.2) is 66.7 Å². The van der Waals surface area contributed by atoms with Gasteiger partial charge in [0.1, 0.15) is 11.9 Å². The Labute approximate surface area is 202 Å². The summed E-state index contributed by atoms with van der Waals surface area (Å²) in [6.07, 6.45) is 2.76. The molecule has 2 atom stereocenters. The van der Waals surface area contributed by atoms with Crippen molar-refractivity contribution in [3.05, 3.63) is 83.8 Å². The zero-order chi connectivity index (χ0) is 24.5. The van der Waals surface area contributed by atoms with Crippen molar-refractivity contribution in [1.29, 1.82) is 0 Å². The molecule has 0 unspecified atom stereocenters. The van der Waals surface area contributed by atoms with E-state index in [1.165, 1.54) is 12.1 Å². The highest BCUT2D eigenvalue weighted by Crippen LogP contribution is 2.34. The first-order valence-corrected chi connectivity index (χ1v) is 11.7. The highest BCUT2D eigenvalue weighted by molar-refractivity contribution is 5.80. The van der Waals surface area contributed by atoms with E-state index in [0.717, 1.165) is 33.4 Å². The minimum absolute atomic E-state index is 0.00792. The highest BCUT2D eigenvalue weighted by Gasteiger charge is 2.26. The van der Waals surface area contributed by atoms with Crippen LogP contribution in [0.3, 0.4) is 0 Å². The number of aromatic nitrogens is 3. The zero-order valence-corrected chi connectivity index (χ0v) is 19.6. The molecule has 35 heavy (non-hydrogen) atoms. The molecule has 3 heterocycles. The standard InChI is InChI=1S/C28H26FN3O3/c1-17(2)27-23(13-12-22-15-21(33)16-26(34)35-22)28(19-7-10-20(29)11-8-19)32(31-27)25-14-9-18-5-3-4-6-24(18)30-25/h3-14,17,21-22,33H,15-16H2,1-2H3/b13-12+/t21-,22-/m0/s1. The summed E-state index contributed by atoms with van der Waals surface area (Å²) < 4.78 is 21.0. The lowest BCUT2D eigenvalue weighted by atomic mass is 9.98. The Kier molecular flexibility index (Phi) is 6.17. The predicted molar refractivity (Wildman–Crippen MR) is 133 cm³/mol. The molecule has 2 aromatic carbocycles. The van der Waals surface area contributed by atoms with E-state index in [-0.39, 0.29) is 18.2 Å². The summed E-state index contributed by atoms with van der Waals surface area (Å²) in [4.78, 5) is 16.6. The number of ether oxygens (including phenoxy) is 1. The normalized spacial score (nSPS) is 18.5. The van der Waals surface area contributed by atoms with E-state index in [1.54, 1.807) is 22.9 Å². The Morgan fingerprint density at radius 3 is 2.63 bits per heavy atom. The summed E-state index contributed by atoms with van der Waals surface area (Å²) in [6.45, 7) is 4.10. The summed E-state index contributed by atoms with van der Waals surface area (Å²) in [6, 6.07) is 18.1. The van der Waals surface area contributed by atoms with Crippen molar-refractivity contribution in [3.8, 4) is 17.1 Å². The van der Waals surface area contributed by atoms with Gasteiger partial charge in [0.25, 0.3) is 0 Å². The van der Waals surface area contributed by atoms with Crippen LogP contribution >= 0.6 is 0 Å². The molecule has 1 fully saturated rings. The number of cyclic esters (lactones) is 1. The van der Waals surface area contributed by atoms with Crippen molar-refractivity contribution in [2.24, 2.45) is 0 Å². The SMILES string of the molecule is CC(C)c1nn(-c2ccc3ccccc3n2)c(-c2ccc(F)cc2)c1/C=C/[C@H]1C[C@H](O)CC(=O)O1. The number of esters is 1. The average Bonchev–Trinajstić information content (AvgIpc) is 3.22. The second kappa shape index (κ2) is 9.43. The molecule has 178 valence electrons. The van der Waals surface area contributed by atoms with Crippen LogP contribution in [0.4, 0.5) is 4.39 Å². The van der Waals surface area contributed by atoms with Crippen molar-refractivity contribution in [3.63, 3.8) is 0 Å². The number of halogens is 1. The zero-order valence-electron chi connectivity index (χ0n) is 19.6. The van der Waals surface area contributed by atoms with E-state index < -0.39 is 18.2 Å². The Balaban J connectivity index is 1.68. The average molecular weight is 472 g/mol. The molecule has 0 bridgehead atoms. The minimum atomic E-state index is -0.725. The Morgan fingerprint density at radius 1 is 1.11 bits per heavy atom. The van der Waals surface area contributed by atoms with Crippen LogP contribution in [0.5, 0.6) is 0 Å². The lowest BCUT2D eigenvalue weighted by Gasteiger charge is -2.23. The van der Waals surface area contributed by atoms with Crippen molar-refractivity contribution in [1.82, 2.24) is 14.8 Å². The molecule has 1 N–H and O–H groups in total. The van der Waals surface area contributed by atoms with Gasteiger partial charge in [0.05, 0.1) is 29.4 Å². The summed E-state index contributed by atoms with van der Waals surface area (Å²) in [5, 5.41) is 15.9. The smallest absolute Gasteiger partial charge is 0.309 e. The Hall–Kier alpha value is -3.84. The van der Waals surface area contributed by atoms with Gasteiger partial charge in [0.2, 0.25) is 0 Å². The number of rotatable bonds is 5. The van der Waals surface area contributed by atoms with Crippen LogP contribution in [-0.2, 0) is 9.53 Å². The molecule has 4 aromatic rings. The summed E-state index contributed by atoms with van der Waals surface area (Å²) in [5.41, 5.74) is 4.05. The van der Waals surface area contributed by atoms with E-state index in [1.807, 2.05) is 42.5 Å². The van der Waals surface area contributed by atoms with Gasteiger partial charge in [-0.25, -0.2) is 14.1 Å². The molecular formula is C28H26FN3O3. The summed E-state index contributed by atoms with van der Waals surface area (Å²) >= 11 is 0. The molecule has 1 saturated heterocycles. The fourth-order valence-corrected chi connectivity index (χ4v) is 4.39. The van der Waals surface area contributed by atoms with Crippen LogP contribution in [-0.4, -0.2) is 38.0 Å². The fourth-order valence-electron chi connectivity index (χ4n) is 4.39. The molecule has 6 nitrogen and oxygen atoms in total. The van der Waals surface area contributed by atoms with Crippen LogP contribution in [0.25, 0.3) is 34.1 Å². The third kappa shape index (κ3) is 4.72. The van der Waals surface area contributed by atoms with Crippen LogP contribution in [0.1, 0.15) is 43.9 Å². The number of carbonyl (C=O) groups excluding carboxylic acids is 1. The first-order chi connectivity index (χ1) is 16.9. The van der Waals surface area contributed by atoms with E-state index in [9.17, 15) is 14.3 Å². The van der Waals surface area contributed by atoms with Gasteiger partial charge in [0, 0.05) is 22.9 Å². The molecule has 0 radical (unpaired) electrons. The Bertz CT molecular complexity index is 1410. The van der Waals surface area contributed by atoms with Gasteiger partial charge in [-0.3, -0.25) is 4.79 Å². The monoisotopic (exact) mass is 471 g/mol. The van der Waals surface area contributed by atoms with Gasteiger partial charge in [-0.2, -0.15) is 5.10 Å². The van der Waals surface area contributed by atoms with Gasteiger partial charge in [-0.1, -0.05) is 38.1 Å². The number of para-hydroxylation sites is 1. The predicted octanol–water partition coefficient (Wildman–Crippen LogP) is 5.43. The van der Waals surface area contributed by atoms with Gasteiger partial charge < -0.3 is 9.84 Å². The fraction of sp³-hybridized carbons (Fsp3) is 0.250. The second-order valence-electron chi connectivity index (χ2n) is 9.06. The Morgan fingerprint density at radius 2 is 1.89 bits per heavy atom. The number of aliphatic hydroxyl groups is 1. The molecular weight excluding hydrogens is 445 g/mol. The quantitative estimate of drug-likeness (QED) is 0.393. The van der Waals surface area contributed by atoms with Crippen molar-refractivity contribution in [2.75, 3.05) is 0 Å². The van der Waals surface area contributed by atoms with Crippen molar-refractivity contribution >= 4 is 22.9 Å². The molecule has 1 aliphatic heterocycles. The maximum Gasteiger partial charge on any atom is 0.309 e. The molecule has 5 rings (SSSR count). The largest absolute Gasteiger partial charge is 0.458 e. The second-order valence-corrected chi connectivity index (χ2v) is 9.06. The molecule has 0 spiro atoms. The number of hydrogen-bond acceptors (Lipinski definition) is 5. The number of fused-ring (bicyclic) bond motifs is 1. The van der Waals surface area contributed by atoms with Gasteiger partial charge in [0.15, 0.2) is 5.82 Å². The van der Waals surface area contributed by atoms with Crippen molar-refractivity contribution < 1.29 is 19.0 Å². The number of pyridine rings is 1. The minimum Gasteiger partial charge on any atom is -0.458 e. The molecule has 0 amide bonds. The number of benzene rings is 2. The topological polar surface area (TPSA) is 77.2 Å². The van der Waals surface area contributed by atoms with E-state index >= 15 is 0 Å². The van der Waals surface area contributed by atoms with Crippen LogP contribution in [0, 0.1) is 5.82 Å². The highest BCUT2D eigenvalue weighted by atomic mass is 19.1. The number of carbonyl (C=O) groups is 1. The first-order valence-electron chi connectivity index (χ1n) is 11.7. The summed E-state index contributed by atoms with van der Waals surface area (Å²) in [7, 11) is 0. The molecule has 7 heteroatoms. The molecule has 2 aromatic heterocycles. The molecule has 1 aliphatic rings. The van der Waals surface area contributed by atoms with Gasteiger partial charge >= 0.3 is 5.97 Å². The first kappa shape index (κ1) is 22.9. The number of hydrogen-bond donors (Lipinski definition) is 1. The molecule has 0 aliphatic carbocycles. The third-order valence-electron chi connectivity index (χ3n) is 6.08. The van der Waals surface area contributed by atoms with Crippen molar-refractivity contribution in [2.45, 2.75) is 44.8 Å².